The van der Waals surface area contributed by atoms with Gasteiger partial charge < -0.3 is 9.84 Å². The first-order chi connectivity index (χ1) is 8.77. The van der Waals surface area contributed by atoms with Gasteiger partial charge >= 0.3 is 5.97 Å². The summed E-state index contributed by atoms with van der Waals surface area (Å²) in [6.07, 6.45) is 3.90. The van der Waals surface area contributed by atoms with E-state index in [9.17, 15) is 14.7 Å². The fraction of sp³-hybridized carbons (Fsp3) is 0.600. The summed E-state index contributed by atoms with van der Waals surface area (Å²) >= 11 is 0. The van der Waals surface area contributed by atoms with Gasteiger partial charge in [-0.1, -0.05) is 13.5 Å². The molecule has 1 N–H and O–H groups in total. The monoisotopic (exact) mass is 262 g/mol. The topological polar surface area (TPSA) is 63.6 Å². The molecule has 4 heteroatoms. The molecular weight excluding hydrogens is 244 g/mol. The van der Waals surface area contributed by atoms with Crippen molar-refractivity contribution in [3.8, 4) is 0 Å². The van der Waals surface area contributed by atoms with E-state index in [0.717, 1.165) is 0 Å². The second-order valence-electron chi connectivity index (χ2n) is 6.36. The Bertz CT molecular complexity index is 516. The predicted molar refractivity (Wildman–Crippen MR) is 68.1 cm³/mol. The first-order valence-electron chi connectivity index (χ1n) is 6.63. The number of hydrogen-bond donors (Lipinski definition) is 1. The van der Waals surface area contributed by atoms with E-state index in [1.54, 1.807) is 6.92 Å². The molecule has 2 aliphatic carbocycles. The van der Waals surface area contributed by atoms with Crippen molar-refractivity contribution in [3.63, 3.8) is 0 Å². The van der Waals surface area contributed by atoms with Crippen molar-refractivity contribution in [2.24, 2.45) is 17.3 Å². The molecule has 0 spiro atoms. The molecule has 0 amide bonds. The maximum absolute atomic E-state index is 12.2. The molecule has 102 valence electrons. The number of carbonyl (C=O) groups is 2. The molecule has 1 unspecified atom stereocenters. The average Bonchev–Trinajstić information content (AvgIpc) is 2.60. The molecule has 3 aliphatic rings. The quantitative estimate of drug-likeness (QED) is 0.529. The maximum atomic E-state index is 12.2. The van der Waals surface area contributed by atoms with Gasteiger partial charge in [0.15, 0.2) is 5.78 Å². The lowest BCUT2D eigenvalue weighted by molar-refractivity contribution is -0.167. The number of hydrogen-bond acceptors (Lipinski definition) is 4. The number of fused-ring (bicyclic) bond motifs is 3. The summed E-state index contributed by atoms with van der Waals surface area (Å²) in [5, 5.41) is 10.6. The van der Waals surface area contributed by atoms with Gasteiger partial charge in [0.1, 0.15) is 6.10 Å². The van der Waals surface area contributed by atoms with Crippen LogP contribution in [-0.4, -0.2) is 28.6 Å². The van der Waals surface area contributed by atoms with Crippen molar-refractivity contribution < 1.29 is 19.4 Å². The number of ether oxygens (including phenoxy) is 1. The standard InChI is InChI=1S/C15H18O4/c1-8-9-4-6-14(2)10(16)5-7-15(3,18)12(14)11(9)19-13(8)17/h5,7,9,11-12,18H,1,4,6H2,2-3H3/t9?,11-,12+,14-,15+/m1/s1. The minimum atomic E-state index is -1.14. The highest BCUT2D eigenvalue weighted by Crippen LogP contribution is 2.55. The summed E-state index contributed by atoms with van der Waals surface area (Å²) < 4.78 is 5.41. The van der Waals surface area contributed by atoms with Crippen LogP contribution in [0.1, 0.15) is 26.7 Å². The van der Waals surface area contributed by atoms with Crippen LogP contribution in [0.3, 0.4) is 0 Å². The van der Waals surface area contributed by atoms with Crippen molar-refractivity contribution >= 4 is 11.8 Å². The molecule has 2 fully saturated rings. The Balaban J connectivity index is 2.10. The summed E-state index contributed by atoms with van der Waals surface area (Å²) in [4.78, 5) is 23.9. The second-order valence-corrected chi connectivity index (χ2v) is 6.36. The minimum Gasteiger partial charge on any atom is -0.458 e. The third-order valence-corrected chi connectivity index (χ3v) is 5.10. The fourth-order valence-corrected chi connectivity index (χ4v) is 4.04. The first kappa shape index (κ1) is 12.6. The zero-order chi connectivity index (χ0) is 14.0. The highest BCUT2D eigenvalue weighted by molar-refractivity contribution is 5.97. The van der Waals surface area contributed by atoms with E-state index in [0.29, 0.717) is 18.4 Å². The van der Waals surface area contributed by atoms with E-state index < -0.39 is 29.0 Å². The molecular formula is C15H18O4. The van der Waals surface area contributed by atoms with Crippen molar-refractivity contribution in [1.29, 1.82) is 0 Å². The first-order valence-corrected chi connectivity index (χ1v) is 6.63. The van der Waals surface area contributed by atoms with Crippen LogP contribution in [0.2, 0.25) is 0 Å². The number of rotatable bonds is 0. The van der Waals surface area contributed by atoms with Gasteiger partial charge in [0.25, 0.3) is 0 Å². The molecule has 1 saturated heterocycles. The number of esters is 1. The van der Waals surface area contributed by atoms with Gasteiger partial charge in [-0.25, -0.2) is 4.79 Å². The molecule has 1 saturated carbocycles. The Kier molecular flexibility index (Phi) is 2.37. The Morgan fingerprint density at radius 1 is 1.42 bits per heavy atom. The number of aliphatic hydroxyl groups is 1. The minimum absolute atomic E-state index is 0.0102. The van der Waals surface area contributed by atoms with E-state index in [1.807, 2.05) is 6.92 Å². The van der Waals surface area contributed by atoms with Crippen molar-refractivity contribution in [2.45, 2.75) is 38.4 Å². The average molecular weight is 262 g/mol. The summed E-state index contributed by atoms with van der Waals surface area (Å²) in [6, 6.07) is 0. The van der Waals surface area contributed by atoms with Gasteiger partial charge in [-0.2, -0.15) is 0 Å². The zero-order valence-corrected chi connectivity index (χ0v) is 11.2. The Morgan fingerprint density at radius 3 is 2.79 bits per heavy atom. The smallest absolute Gasteiger partial charge is 0.334 e. The van der Waals surface area contributed by atoms with Crippen LogP contribution >= 0.6 is 0 Å². The third-order valence-electron chi connectivity index (χ3n) is 5.10. The Morgan fingerprint density at radius 2 is 2.11 bits per heavy atom. The fourth-order valence-electron chi connectivity index (χ4n) is 4.04. The normalized spacial score (nSPS) is 48.8. The van der Waals surface area contributed by atoms with Gasteiger partial charge in [0.05, 0.1) is 5.60 Å². The van der Waals surface area contributed by atoms with Crippen molar-refractivity contribution in [2.75, 3.05) is 0 Å². The third kappa shape index (κ3) is 1.49. The van der Waals surface area contributed by atoms with E-state index >= 15 is 0 Å². The number of allylic oxidation sites excluding steroid dienone is 1. The summed E-state index contributed by atoms with van der Waals surface area (Å²) in [5.74, 6) is -0.858. The molecule has 0 aromatic heterocycles. The van der Waals surface area contributed by atoms with Crippen molar-refractivity contribution in [3.05, 3.63) is 24.3 Å². The predicted octanol–water partition coefficient (Wildman–Crippen LogP) is 1.39. The largest absolute Gasteiger partial charge is 0.458 e. The lowest BCUT2D eigenvalue weighted by atomic mass is 9.53. The Hall–Kier alpha value is -1.42. The maximum Gasteiger partial charge on any atom is 0.334 e. The van der Waals surface area contributed by atoms with Crippen LogP contribution < -0.4 is 0 Å². The zero-order valence-electron chi connectivity index (χ0n) is 11.2. The van der Waals surface area contributed by atoms with Gasteiger partial charge in [-0.15, -0.1) is 0 Å². The highest BCUT2D eigenvalue weighted by atomic mass is 16.6. The van der Waals surface area contributed by atoms with E-state index in [4.69, 9.17) is 4.74 Å². The Labute approximate surface area is 112 Å². The van der Waals surface area contributed by atoms with E-state index in [-0.39, 0.29) is 11.7 Å². The van der Waals surface area contributed by atoms with E-state index in [2.05, 4.69) is 6.58 Å². The molecule has 0 bridgehead atoms. The lowest BCUT2D eigenvalue weighted by Crippen LogP contribution is -2.59. The molecule has 1 aliphatic heterocycles. The van der Waals surface area contributed by atoms with Crippen LogP contribution in [-0.2, 0) is 14.3 Å². The molecule has 1 heterocycles. The molecule has 4 nitrogen and oxygen atoms in total. The van der Waals surface area contributed by atoms with Crippen LogP contribution in [0.25, 0.3) is 0 Å². The molecule has 19 heavy (non-hydrogen) atoms. The van der Waals surface area contributed by atoms with Crippen LogP contribution in [0.15, 0.2) is 24.3 Å². The number of ketones is 1. The van der Waals surface area contributed by atoms with Crippen LogP contribution in [0.5, 0.6) is 0 Å². The van der Waals surface area contributed by atoms with Crippen LogP contribution in [0.4, 0.5) is 0 Å². The van der Waals surface area contributed by atoms with Gasteiger partial charge in [-0.3, -0.25) is 4.79 Å². The highest BCUT2D eigenvalue weighted by Gasteiger charge is 2.62. The second kappa shape index (κ2) is 3.57. The lowest BCUT2D eigenvalue weighted by Gasteiger charge is -2.51. The molecule has 0 radical (unpaired) electrons. The van der Waals surface area contributed by atoms with E-state index in [1.165, 1.54) is 12.2 Å². The summed E-state index contributed by atoms with van der Waals surface area (Å²) in [6.45, 7) is 7.33. The molecule has 0 aromatic rings. The summed E-state index contributed by atoms with van der Waals surface area (Å²) in [7, 11) is 0. The van der Waals surface area contributed by atoms with Gasteiger partial charge in [0.2, 0.25) is 0 Å². The number of carbonyl (C=O) groups excluding carboxylic acids is 2. The SMILES string of the molecule is C=C1C(=O)O[C@@H]2C1CC[C@]1(C)C(=O)C=C[C@](C)(O)[C@@H]21. The molecule has 0 aromatic carbocycles. The van der Waals surface area contributed by atoms with Gasteiger partial charge in [-0.05, 0) is 31.9 Å². The molecule has 5 atom stereocenters. The summed E-state index contributed by atoms with van der Waals surface area (Å²) in [5.41, 5.74) is -1.33. The van der Waals surface area contributed by atoms with Crippen molar-refractivity contribution in [1.82, 2.24) is 0 Å². The van der Waals surface area contributed by atoms with Gasteiger partial charge in [0, 0.05) is 22.8 Å². The molecule has 3 rings (SSSR count). The van der Waals surface area contributed by atoms with Crippen LogP contribution in [0, 0.1) is 17.3 Å².